The van der Waals surface area contributed by atoms with E-state index in [1.807, 2.05) is 37.3 Å². The van der Waals surface area contributed by atoms with Gasteiger partial charge in [-0.2, -0.15) is 0 Å². The molecular weight excluding hydrogens is 393 g/mol. The van der Waals surface area contributed by atoms with E-state index in [0.717, 1.165) is 44.6 Å². The first-order chi connectivity index (χ1) is 13.9. The van der Waals surface area contributed by atoms with Crippen molar-refractivity contribution in [3.05, 3.63) is 87.7 Å². The monoisotopic (exact) mass is 407 g/mol. The fraction of sp³-hybridized carbons (Fsp3) is 0.0476. The summed E-state index contributed by atoms with van der Waals surface area (Å²) in [6.07, 6.45) is 0. The van der Waals surface area contributed by atoms with Crippen LogP contribution in [0.15, 0.2) is 60.7 Å². The van der Waals surface area contributed by atoms with Gasteiger partial charge in [-0.3, -0.25) is 14.9 Å². The standard InChI is InChI=1S/C21H14FN3O3S/c1-12-14(21-24-18-6-2-3-8-19(18)29-21)5-4-7-17(12)23-20(26)15-10-9-13(25(27)28)11-16(15)22/h2-11H,1H3,(H,23,26). The highest BCUT2D eigenvalue weighted by molar-refractivity contribution is 7.21. The Labute approximate surface area is 168 Å². The fourth-order valence-electron chi connectivity index (χ4n) is 2.98. The quantitative estimate of drug-likeness (QED) is 0.354. The molecule has 0 radical (unpaired) electrons. The van der Waals surface area contributed by atoms with Crippen molar-refractivity contribution >= 4 is 38.8 Å². The number of nitrogens with one attached hydrogen (secondary N) is 1. The van der Waals surface area contributed by atoms with Crippen molar-refractivity contribution in [2.45, 2.75) is 6.92 Å². The summed E-state index contributed by atoms with van der Waals surface area (Å²) in [6, 6.07) is 16.2. The highest BCUT2D eigenvalue weighted by Crippen LogP contribution is 2.34. The Morgan fingerprint density at radius 1 is 1.14 bits per heavy atom. The number of carbonyl (C=O) groups is 1. The zero-order chi connectivity index (χ0) is 20.5. The summed E-state index contributed by atoms with van der Waals surface area (Å²) < 4.78 is 15.2. The molecule has 1 amide bonds. The van der Waals surface area contributed by atoms with Gasteiger partial charge in [0.15, 0.2) is 0 Å². The first kappa shape index (κ1) is 18.7. The van der Waals surface area contributed by atoms with Gasteiger partial charge in [-0.1, -0.05) is 24.3 Å². The van der Waals surface area contributed by atoms with Crippen molar-refractivity contribution in [3.63, 3.8) is 0 Å². The van der Waals surface area contributed by atoms with E-state index in [1.54, 1.807) is 23.5 Å². The van der Waals surface area contributed by atoms with E-state index >= 15 is 0 Å². The maximum Gasteiger partial charge on any atom is 0.272 e. The molecule has 0 unspecified atom stereocenters. The molecule has 4 aromatic rings. The van der Waals surface area contributed by atoms with E-state index in [-0.39, 0.29) is 5.56 Å². The maximum absolute atomic E-state index is 14.2. The topological polar surface area (TPSA) is 85.1 Å². The minimum Gasteiger partial charge on any atom is -0.322 e. The van der Waals surface area contributed by atoms with Crippen LogP contribution in [-0.4, -0.2) is 15.8 Å². The number of hydrogen-bond acceptors (Lipinski definition) is 5. The smallest absolute Gasteiger partial charge is 0.272 e. The second-order valence-corrected chi connectivity index (χ2v) is 7.37. The molecule has 6 nitrogen and oxygen atoms in total. The van der Waals surface area contributed by atoms with Gasteiger partial charge in [-0.25, -0.2) is 9.37 Å². The Morgan fingerprint density at radius 2 is 1.93 bits per heavy atom. The van der Waals surface area contributed by atoms with Crippen molar-refractivity contribution in [1.29, 1.82) is 0 Å². The van der Waals surface area contributed by atoms with Gasteiger partial charge < -0.3 is 5.32 Å². The highest BCUT2D eigenvalue weighted by Gasteiger charge is 2.18. The number of thiazole rings is 1. The largest absolute Gasteiger partial charge is 0.322 e. The molecule has 4 rings (SSSR count). The van der Waals surface area contributed by atoms with Gasteiger partial charge in [0.25, 0.3) is 11.6 Å². The first-order valence-corrected chi connectivity index (χ1v) is 9.46. The summed E-state index contributed by atoms with van der Waals surface area (Å²) in [4.78, 5) is 27.2. The molecule has 144 valence electrons. The van der Waals surface area contributed by atoms with Crippen LogP contribution in [-0.2, 0) is 0 Å². The van der Waals surface area contributed by atoms with Crippen molar-refractivity contribution in [1.82, 2.24) is 4.98 Å². The van der Waals surface area contributed by atoms with Crippen LogP contribution in [0.5, 0.6) is 0 Å². The number of nitro benzene ring substituents is 1. The number of non-ortho nitro benzene ring substituents is 1. The Kier molecular flexibility index (Phi) is 4.77. The highest BCUT2D eigenvalue weighted by atomic mass is 32.1. The van der Waals surface area contributed by atoms with Crippen LogP contribution >= 0.6 is 11.3 Å². The minimum atomic E-state index is -0.948. The molecule has 1 aromatic heterocycles. The van der Waals surface area contributed by atoms with Gasteiger partial charge in [0, 0.05) is 17.3 Å². The number of rotatable bonds is 4. The van der Waals surface area contributed by atoms with Gasteiger partial charge in [0.1, 0.15) is 10.8 Å². The van der Waals surface area contributed by atoms with Crippen molar-refractivity contribution in [3.8, 4) is 10.6 Å². The van der Waals surface area contributed by atoms with E-state index in [2.05, 4.69) is 10.3 Å². The van der Waals surface area contributed by atoms with E-state index in [4.69, 9.17) is 0 Å². The third-order valence-electron chi connectivity index (χ3n) is 4.51. The van der Waals surface area contributed by atoms with Gasteiger partial charge in [0.05, 0.1) is 26.8 Å². The lowest BCUT2D eigenvalue weighted by atomic mass is 10.1. The van der Waals surface area contributed by atoms with Gasteiger partial charge in [-0.05, 0) is 36.8 Å². The summed E-state index contributed by atoms with van der Waals surface area (Å²) in [5, 5.41) is 14.2. The fourth-order valence-corrected chi connectivity index (χ4v) is 4.03. The second-order valence-electron chi connectivity index (χ2n) is 6.34. The Balaban J connectivity index is 1.65. The Hall–Kier alpha value is -3.65. The summed E-state index contributed by atoms with van der Waals surface area (Å²) in [5.74, 6) is -1.63. The number of hydrogen-bond donors (Lipinski definition) is 1. The molecule has 0 saturated carbocycles. The Morgan fingerprint density at radius 3 is 2.66 bits per heavy atom. The molecule has 0 aliphatic carbocycles. The molecular formula is C21H14FN3O3S. The van der Waals surface area contributed by atoms with Crippen LogP contribution in [0.3, 0.4) is 0 Å². The molecule has 8 heteroatoms. The van der Waals surface area contributed by atoms with Crippen LogP contribution < -0.4 is 5.32 Å². The van der Waals surface area contributed by atoms with Gasteiger partial charge in [0.2, 0.25) is 0 Å². The number of aromatic nitrogens is 1. The number of nitrogens with zero attached hydrogens (tertiary/aromatic N) is 2. The molecule has 29 heavy (non-hydrogen) atoms. The predicted octanol–water partition coefficient (Wildman–Crippen LogP) is 5.57. The van der Waals surface area contributed by atoms with Crippen molar-refractivity contribution in [2.24, 2.45) is 0 Å². The zero-order valence-electron chi connectivity index (χ0n) is 15.2. The van der Waals surface area contributed by atoms with Crippen LogP contribution in [0.4, 0.5) is 15.8 Å². The number of carbonyl (C=O) groups excluding carboxylic acids is 1. The summed E-state index contributed by atoms with van der Waals surface area (Å²) in [5.41, 5.74) is 2.41. The molecule has 0 spiro atoms. The number of anilines is 1. The average molecular weight is 407 g/mol. The minimum absolute atomic E-state index is 0.264. The van der Waals surface area contributed by atoms with E-state index in [1.165, 1.54) is 0 Å². The van der Waals surface area contributed by atoms with E-state index in [9.17, 15) is 19.3 Å². The van der Waals surface area contributed by atoms with Crippen LogP contribution in [0, 0.1) is 22.9 Å². The number of nitro groups is 1. The van der Waals surface area contributed by atoms with Crippen molar-refractivity contribution in [2.75, 3.05) is 5.32 Å². The number of halogens is 1. The first-order valence-electron chi connectivity index (χ1n) is 8.65. The molecule has 3 aromatic carbocycles. The summed E-state index contributed by atoms with van der Waals surface area (Å²) in [6.45, 7) is 1.85. The molecule has 0 aliphatic heterocycles. The molecule has 0 atom stereocenters. The lowest BCUT2D eigenvalue weighted by molar-refractivity contribution is -0.385. The SMILES string of the molecule is Cc1c(NC(=O)c2ccc([N+](=O)[O-])cc2F)cccc1-c1nc2ccccc2s1. The van der Waals surface area contributed by atoms with E-state index < -0.39 is 22.3 Å². The third-order valence-corrected chi connectivity index (χ3v) is 5.58. The summed E-state index contributed by atoms with van der Waals surface area (Å²) in [7, 11) is 0. The molecule has 0 bridgehead atoms. The van der Waals surface area contributed by atoms with Crippen LogP contribution in [0.1, 0.15) is 15.9 Å². The van der Waals surface area contributed by atoms with Crippen LogP contribution in [0.25, 0.3) is 20.8 Å². The molecule has 0 aliphatic rings. The normalized spacial score (nSPS) is 10.8. The predicted molar refractivity (Wildman–Crippen MR) is 111 cm³/mol. The van der Waals surface area contributed by atoms with Gasteiger partial charge >= 0.3 is 0 Å². The number of benzene rings is 3. The van der Waals surface area contributed by atoms with Crippen LogP contribution in [0.2, 0.25) is 0 Å². The molecule has 0 fully saturated rings. The number of para-hydroxylation sites is 1. The number of amides is 1. The third kappa shape index (κ3) is 3.57. The number of fused-ring (bicyclic) bond motifs is 1. The molecule has 1 N–H and O–H groups in total. The van der Waals surface area contributed by atoms with E-state index in [0.29, 0.717) is 5.69 Å². The summed E-state index contributed by atoms with van der Waals surface area (Å²) >= 11 is 1.55. The maximum atomic E-state index is 14.2. The lowest BCUT2D eigenvalue weighted by Gasteiger charge is -2.11. The zero-order valence-corrected chi connectivity index (χ0v) is 16.0. The lowest BCUT2D eigenvalue weighted by Crippen LogP contribution is -2.15. The molecule has 1 heterocycles. The molecule has 0 saturated heterocycles. The second kappa shape index (κ2) is 7.40. The van der Waals surface area contributed by atoms with Crippen molar-refractivity contribution < 1.29 is 14.1 Å². The Bertz CT molecular complexity index is 1240. The van der Waals surface area contributed by atoms with Gasteiger partial charge in [-0.15, -0.1) is 11.3 Å². The average Bonchev–Trinajstić information content (AvgIpc) is 3.13.